The Hall–Kier alpha value is -2.62. The third-order valence-electron chi connectivity index (χ3n) is 5.05. The van der Waals surface area contributed by atoms with Crippen LogP contribution in [0.2, 0.25) is 0 Å². The fourth-order valence-corrected chi connectivity index (χ4v) is 2.94. The van der Waals surface area contributed by atoms with Gasteiger partial charge in [-0.2, -0.15) is 0 Å². The van der Waals surface area contributed by atoms with Gasteiger partial charge in [-0.25, -0.2) is 0 Å². The van der Waals surface area contributed by atoms with Gasteiger partial charge in [-0.05, 0) is 43.2 Å². The highest BCUT2D eigenvalue weighted by Gasteiger charge is 2.20. The number of hydrogen-bond acceptors (Lipinski definition) is 2. The fourth-order valence-electron chi connectivity index (χ4n) is 2.94. The third kappa shape index (κ3) is 8.95. The summed E-state index contributed by atoms with van der Waals surface area (Å²) in [5, 5.41) is 6.00. The van der Waals surface area contributed by atoms with E-state index in [0.29, 0.717) is 25.9 Å². The van der Waals surface area contributed by atoms with E-state index in [1.165, 1.54) is 22.3 Å². The van der Waals surface area contributed by atoms with Gasteiger partial charge in [0.1, 0.15) is 0 Å². The molecular weight excluding hydrogens is 360 g/mol. The Labute approximate surface area is 175 Å². The fraction of sp³-hybridized carbons (Fsp3) is 0.440. The molecule has 0 heterocycles. The first-order valence-electron chi connectivity index (χ1n) is 10.4. The van der Waals surface area contributed by atoms with Crippen LogP contribution in [0.4, 0.5) is 0 Å². The van der Waals surface area contributed by atoms with E-state index in [-0.39, 0.29) is 17.2 Å². The normalized spacial score (nSPS) is 11.2. The molecule has 0 saturated heterocycles. The van der Waals surface area contributed by atoms with E-state index < -0.39 is 0 Å². The third-order valence-corrected chi connectivity index (χ3v) is 5.05. The molecule has 0 radical (unpaired) electrons. The van der Waals surface area contributed by atoms with E-state index in [2.05, 4.69) is 73.0 Å². The Balaban J connectivity index is 1.64. The molecule has 2 rings (SSSR count). The molecule has 0 aliphatic rings. The average molecular weight is 395 g/mol. The zero-order chi connectivity index (χ0) is 21.3. The van der Waals surface area contributed by atoms with E-state index in [0.717, 1.165) is 12.8 Å². The average Bonchev–Trinajstić information content (AvgIpc) is 2.70. The van der Waals surface area contributed by atoms with Crippen molar-refractivity contribution in [1.29, 1.82) is 0 Å². The molecule has 156 valence electrons. The number of rotatable bonds is 10. The molecule has 2 aromatic carbocycles. The van der Waals surface area contributed by atoms with Gasteiger partial charge in [0.25, 0.3) is 0 Å². The summed E-state index contributed by atoms with van der Waals surface area (Å²) in [5.41, 5.74) is 4.59. The molecular formula is C25H34N2O2. The van der Waals surface area contributed by atoms with Crippen LogP contribution < -0.4 is 10.6 Å². The van der Waals surface area contributed by atoms with E-state index in [1.54, 1.807) is 0 Å². The van der Waals surface area contributed by atoms with E-state index in [1.807, 2.05) is 13.8 Å². The lowest BCUT2D eigenvalue weighted by atomic mass is 9.93. The van der Waals surface area contributed by atoms with Crippen molar-refractivity contribution in [3.8, 4) is 0 Å². The van der Waals surface area contributed by atoms with E-state index >= 15 is 0 Å². The smallest absolute Gasteiger partial charge is 0.220 e. The first-order valence-corrected chi connectivity index (χ1v) is 10.4. The van der Waals surface area contributed by atoms with Gasteiger partial charge in [-0.3, -0.25) is 9.59 Å². The first-order chi connectivity index (χ1) is 13.7. The largest absolute Gasteiger partial charge is 0.355 e. The second-order valence-electron chi connectivity index (χ2n) is 8.69. The second kappa shape index (κ2) is 10.8. The Morgan fingerprint density at radius 2 is 1.03 bits per heavy atom. The minimum Gasteiger partial charge on any atom is -0.355 e. The number of carbonyl (C=O) groups excluding carboxylic acids is 2. The Morgan fingerprint density at radius 1 is 0.690 bits per heavy atom. The Kier molecular flexibility index (Phi) is 8.44. The molecule has 0 spiro atoms. The van der Waals surface area contributed by atoms with Crippen LogP contribution in [0.3, 0.4) is 0 Å². The number of nitrogens with one attached hydrogen (secondary N) is 2. The van der Waals surface area contributed by atoms with E-state index in [9.17, 15) is 9.59 Å². The molecule has 0 aliphatic heterocycles. The van der Waals surface area contributed by atoms with Crippen molar-refractivity contribution in [1.82, 2.24) is 10.6 Å². The van der Waals surface area contributed by atoms with Crippen LogP contribution >= 0.6 is 0 Å². The van der Waals surface area contributed by atoms with Gasteiger partial charge in [0.05, 0.1) is 0 Å². The highest BCUT2D eigenvalue weighted by Crippen LogP contribution is 2.13. The molecule has 2 amide bonds. The van der Waals surface area contributed by atoms with Gasteiger partial charge in [-0.15, -0.1) is 0 Å². The summed E-state index contributed by atoms with van der Waals surface area (Å²) >= 11 is 0. The topological polar surface area (TPSA) is 58.2 Å². The molecule has 0 unspecified atom stereocenters. The number of amides is 2. The summed E-state index contributed by atoms with van der Waals surface area (Å²) in [6.07, 6.45) is 2.43. The summed E-state index contributed by atoms with van der Waals surface area (Å²) < 4.78 is 0. The monoisotopic (exact) mass is 394 g/mol. The molecule has 0 aromatic heterocycles. The van der Waals surface area contributed by atoms with Crippen molar-refractivity contribution in [2.24, 2.45) is 5.41 Å². The molecule has 0 bridgehead atoms. The summed E-state index contributed by atoms with van der Waals surface area (Å²) in [5.74, 6) is 0.0914. The minimum absolute atomic E-state index is 0.0457. The quantitative estimate of drug-likeness (QED) is 0.637. The molecule has 29 heavy (non-hydrogen) atoms. The molecule has 2 aromatic rings. The van der Waals surface area contributed by atoms with Crippen LogP contribution in [0.25, 0.3) is 0 Å². The zero-order valence-corrected chi connectivity index (χ0v) is 18.2. The lowest BCUT2D eigenvalue weighted by molar-refractivity contribution is -0.121. The summed E-state index contributed by atoms with van der Waals surface area (Å²) in [4.78, 5) is 24.3. The SMILES string of the molecule is Cc1ccc(CCC(=O)NCC(C)(C)CNC(=O)CCc2ccc(C)cc2)cc1. The molecule has 0 atom stereocenters. The van der Waals surface area contributed by atoms with Gasteiger partial charge in [0.2, 0.25) is 11.8 Å². The van der Waals surface area contributed by atoms with Crippen LogP contribution in [-0.4, -0.2) is 24.9 Å². The van der Waals surface area contributed by atoms with Crippen LogP contribution in [0, 0.1) is 19.3 Å². The highest BCUT2D eigenvalue weighted by molar-refractivity contribution is 5.77. The van der Waals surface area contributed by atoms with Gasteiger partial charge in [0, 0.05) is 25.9 Å². The van der Waals surface area contributed by atoms with Crippen molar-refractivity contribution in [3.63, 3.8) is 0 Å². The number of benzene rings is 2. The zero-order valence-electron chi connectivity index (χ0n) is 18.2. The number of aryl methyl sites for hydroxylation is 4. The lowest BCUT2D eigenvalue weighted by Crippen LogP contribution is -2.42. The second-order valence-corrected chi connectivity index (χ2v) is 8.69. The standard InChI is InChI=1S/C25H34N2O2/c1-19-5-9-21(10-6-19)13-15-23(28)26-17-25(3,4)18-27-24(29)16-14-22-11-7-20(2)8-12-22/h5-12H,13-18H2,1-4H3,(H,26,28)(H,27,29). The first kappa shape index (κ1) is 22.7. The maximum Gasteiger partial charge on any atom is 0.220 e. The predicted octanol–water partition coefficient (Wildman–Crippen LogP) is 4.13. The maximum atomic E-state index is 12.2. The van der Waals surface area contributed by atoms with Crippen LogP contribution in [0.5, 0.6) is 0 Å². The summed E-state index contributed by atoms with van der Waals surface area (Å²) in [6.45, 7) is 9.29. The van der Waals surface area contributed by atoms with E-state index in [4.69, 9.17) is 0 Å². The number of hydrogen-bond donors (Lipinski definition) is 2. The minimum atomic E-state index is -0.195. The van der Waals surface area contributed by atoms with Crippen LogP contribution in [0.15, 0.2) is 48.5 Å². The van der Waals surface area contributed by atoms with Crippen molar-refractivity contribution in [3.05, 3.63) is 70.8 Å². The molecule has 0 fully saturated rings. The van der Waals surface area contributed by atoms with Crippen molar-refractivity contribution >= 4 is 11.8 Å². The highest BCUT2D eigenvalue weighted by atomic mass is 16.2. The van der Waals surface area contributed by atoms with Gasteiger partial charge in [0.15, 0.2) is 0 Å². The molecule has 0 saturated carbocycles. The van der Waals surface area contributed by atoms with Gasteiger partial charge in [-0.1, -0.05) is 73.5 Å². The summed E-state index contributed by atoms with van der Waals surface area (Å²) in [7, 11) is 0. The molecule has 0 aliphatic carbocycles. The number of carbonyl (C=O) groups is 2. The molecule has 2 N–H and O–H groups in total. The van der Waals surface area contributed by atoms with Crippen molar-refractivity contribution in [2.75, 3.05) is 13.1 Å². The lowest BCUT2D eigenvalue weighted by Gasteiger charge is -2.25. The molecule has 4 nitrogen and oxygen atoms in total. The van der Waals surface area contributed by atoms with Gasteiger partial charge < -0.3 is 10.6 Å². The maximum absolute atomic E-state index is 12.2. The van der Waals surface area contributed by atoms with Gasteiger partial charge >= 0.3 is 0 Å². The van der Waals surface area contributed by atoms with Crippen molar-refractivity contribution < 1.29 is 9.59 Å². The Morgan fingerprint density at radius 3 is 1.38 bits per heavy atom. The van der Waals surface area contributed by atoms with Crippen LogP contribution in [-0.2, 0) is 22.4 Å². The van der Waals surface area contributed by atoms with Crippen molar-refractivity contribution in [2.45, 2.75) is 53.4 Å². The summed E-state index contributed by atoms with van der Waals surface area (Å²) in [6, 6.07) is 16.5. The van der Waals surface area contributed by atoms with Crippen LogP contribution in [0.1, 0.15) is 48.9 Å². The predicted molar refractivity (Wildman–Crippen MR) is 119 cm³/mol. The molecule has 4 heteroatoms. The Bertz CT molecular complexity index is 725.